The van der Waals surface area contributed by atoms with Gasteiger partial charge in [0.2, 0.25) is 5.91 Å². The molecule has 3 N–H and O–H groups in total. The van der Waals surface area contributed by atoms with Crippen molar-refractivity contribution in [3.8, 4) is 0 Å². The van der Waals surface area contributed by atoms with E-state index in [1.54, 1.807) is 6.92 Å². The average molecular weight is 393 g/mol. The third kappa shape index (κ3) is 5.09. The number of carbonyl (C=O) groups excluding carboxylic acids is 2. The molecular formula is C20H28N2O4S. The fourth-order valence-corrected chi connectivity index (χ4v) is 5.06. The first-order valence-electron chi connectivity index (χ1n) is 9.84. The molecule has 0 saturated heterocycles. The van der Waals surface area contributed by atoms with Crippen LogP contribution < -0.4 is 10.6 Å². The molecule has 0 unspecified atom stereocenters. The maximum Gasteiger partial charge on any atom is 0.303 e. The van der Waals surface area contributed by atoms with Crippen molar-refractivity contribution in [2.45, 2.75) is 71.3 Å². The Morgan fingerprint density at radius 3 is 2.59 bits per heavy atom. The van der Waals surface area contributed by atoms with Crippen molar-refractivity contribution >= 4 is 34.1 Å². The summed E-state index contributed by atoms with van der Waals surface area (Å²) in [5.41, 5.74) is 1.73. The van der Waals surface area contributed by atoms with Crippen molar-refractivity contribution in [1.82, 2.24) is 5.32 Å². The fourth-order valence-electron chi connectivity index (χ4n) is 3.68. The number of carbonyl (C=O) groups is 3. The van der Waals surface area contributed by atoms with E-state index in [0.29, 0.717) is 16.5 Å². The molecule has 1 saturated carbocycles. The Hall–Kier alpha value is -1.89. The third-order valence-corrected chi connectivity index (χ3v) is 6.56. The summed E-state index contributed by atoms with van der Waals surface area (Å²) in [4.78, 5) is 37.3. The van der Waals surface area contributed by atoms with Crippen LogP contribution in [0.15, 0.2) is 0 Å². The molecule has 2 aliphatic rings. The fraction of sp³-hybridized carbons (Fsp3) is 0.650. The van der Waals surface area contributed by atoms with Crippen LogP contribution in [0.3, 0.4) is 0 Å². The Balaban J connectivity index is 1.78. The molecule has 1 aromatic rings. The summed E-state index contributed by atoms with van der Waals surface area (Å²) in [5, 5.41) is 15.5. The van der Waals surface area contributed by atoms with E-state index >= 15 is 0 Å². The van der Waals surface area contributed by atoms with Crippen LogP contribution in [0.2, 0.25) is 0 Å². The Bertz CT molecular complexity index is 739. The Morgan fingerprint density at radius 1 is 1.22 bits per heavy atom. The molecule has 7 heteroatoms. The number of carboxylic acids is 1. The largest absolute Gasteiger partial charge is 0.481 e. The molecule has 0 aromatic carbocycles. The van der Waals surface area contributed by atoms with Crippen LogP contribution in [0.4, 0.5) is 5.00 Å². The van der Waals surface area contributed by atoms with Gasteiger partial charge in [0.1, 0.15) is 5.00 Å². The van der Waals surface area contributed by atoms with Gasteiger partial charge in [-0.05, 0) is 49.5 Å². The normalized spacial score (nSPS) is 19.9. The zero-order valence-electron chi connectivity index (χ0n) is 16.0. The van der Waals surface area contributed by atoms with Crippen molar-refractivity contribution in [2.24, 2.45) is 11.8 Å². The predicted molar refractivity (Wildman–Crippen MR) is 105 cm³/mol. The molecule has 1 fully saturated rings. The van der Waals surface area contributed by atoms with Crippen molar-refractivity contribution < 1.29 is 19.5 Å². The molecule has 1 heterocycles. The molecule has 2 aliphatic carbocycles. The lowest BCUT2D eigenvalue weighted by Crippen LogP contribution is -2.28. The minimum Gasteiger partial charge on any atom is -0.481 e. The number of hydrogen-bond acceptors (Lipinski definition) is 4. The van der Waals surface area contributed by atoms with Gasteiger partial charge < -0.3 is 15.7 Å². The van der Waals surface area contributed by atoms with Crippen LogP contribution in [0, 0.1) is 11.8 Å². The number of hydrogen-bond donors (Lipinski definition) is 3. The highest BCUT2D eigenvalue weighted by molar-refractivity contribution is 7.17. The van der Waals surface area contributed by atoms with Crippen LogP contribution in [-0.4, -0.2) is 28.9 Å². The van der Waals surface area contributed by atoms with Crippen molar-refractivity contribution in [3.05, 3.63) is 16.0 Å². The highest BCUT2D eigenvalue weighted by atomic mass is 32.1. The number of nitrogens with one attached hydrogen (secondary N) is 2. The van der Waals surface area contributed by atoms with Gasteiger partial charge in [0, 0.05) is 23.8 Å². The predicted octanol–water partition coefficient (Wildman–Crippen LogP) is 3.59. The molecule has 0 spiro atoms. The summed E-state index contributed by atoms with van der Waals surface area (Å²) < 4.78 is 0. The number of amides is 2. The van der Waals surface area contributed by atoms with Gasteiger partial charge in [-0.3, -0.25) is 14.4 Å². The first-order valence-corrected chi connectivity index (χ1v) is 10.7. The maximum absolute atomic E-state index is 12.8. The van der Waals surface area contributed by atoms with Gasteiger partial charge in [-0.1, -0.05) is 20.3 Å². The smallest absolute Gasteiger partial charge is 0.303 e. The summed E-state index contributed by atoms with van der Waals surface area (Å²) in [6.45, 7) is 3.94. The first-order chi connectivity index (χ1) is 12.9. The summed E-state index contributed by atoms with van der Waals surface area (Å²) in [6.07, 6.45) is 6.17. The minimum atomic E-state index is -0.906. The third-order valence-electron chi connectivity index (χ3n) is 5.39. The van der Waals surface area contributed by atoms with Crippen molar-refractivity contribution in [2.75, 3.05) is 5.32 Å². The van der Waals surface area contributed by atoms with Crippen LogP contribution in [0.1, 0.15) is 73.2 Å². The summed E-state index contributed by atoms with van der Waals surface area (Å²) in [6, 6.07) is 0.263. The lowest BCUT2D eigenvalue weighted by molar-refractivity contribution is -0.138. The molecule has 2 amide bonds. The Morgan fingerprint density at radius 2 is 1.96 bits per heavy atom. The Kier molecular flexibility index (Phi) is 6.19. The van der Waals surface area contributed by atoms with E-state index in [0.717, 1.165) is 44.1 Å². The molecule has 0 aliphatic heterocycles. The number of aliphatic carboxylic acids is 1. The van der Waals surface area contributed by atoms with E-state index in [4.69, 9.17) is 5.11 Å². The molecule has 6 nitrogen and oxygen atoms in total. The molecule has 0 radical (unpaired) electrons. The Labute approximate surface area is 163 Å². The van der Waals surface area contributed by atoms with Crippen LogP contribution in [0.5, 0.6) is 0 Å². The molecule has 2 atom stereocenters. The second kappa shape index (κ2) is 8.42. The van der Waals surface area contributed by atoms with E-state index < -0.39 is 5.97 Å². The monoisotopic (exact) mass is 392 g/mol. The summed E-state index contributed by atoms with van der Waals surface area (Å²) in [5.74, 6) is -0.828. The van der Waals surface area contributed by atoms with Crippen molar-refractivity contribution in [3.63, 3.8) is 0 Å². The van der Waals surface area contributed by atoms with Crippen molar-refractivity contribution in [1.29, 1.82) is 0 Å². The molecule has 3 rings (SSSR count). The first kappa shape index (κ1) is 19.9. The quantitative estimate of drug-likeness (QED) is 0.630. The number of anilines is 1. The highest BCUT2D eigenvalue weighted by Gasteiger charge is 2.32. The average Bonchev–Trinajstić information content (AvgIpc) is 3.32. The lowest BCUT2D eigenvalue weighted by Gasteiger charge is -2.21. The molecular weight excluding hydrogens is 364 g/mol. The van der Waals surface area contributed by atoms with E-state index in [2.05, 4.69) is 17.6 Å². The topological polar surface area (TPSA) is 95.5 Å². The number of carboxylic acid groups (broad SMARTS) is 1. The SMILES string of the molecule is CC[C@@H]1CCc2c(sc(NC(=O)C[C@@H](C)CC(=O)O)c2C(=O)NC2CC2)C1. The number of rotatable bonds is 8. The second-order valence-corrected chi connectivity index (χ2v) is 9.03. The van der Waals surface area contributed by atoms with Crippen LogP contribution >= 0.6 is 11.3 Å². The van der Waals surface area contributed by atoms with Gasteiger partial charge >= 0.3 is 5.97 Å². The molecule has 1 aromatic heterocycles. The number of fused-ring (bicyclic) bond motifs is 1. The van der Waals surface area contributed by atoms with Crippen LogP contribution in [-0.2, 0) is 22.4 Å². The maximum atomic E-state index is 12.8. The lowest BCUT2D eigenvalue weighted by atomic mass is 9.85. The summed E-state index contributed by atoms with van der Waals surface area (Å²) >= 11 is 1.52. The van der Waals surface area contributed by atoms with E-state index in [9.17, 15) is 14.4 Å². The van der Waals surface area contributed by atoms with Gasteiger partial charge in [0.25, 0.3) is 5.91 Å². The summed E-state index contributed by atoms with van der Waals surface area (Å²) in [7, 11) is 0. The van der Waals surface area contributed by atoms with Crippen LogP contribution in [0.25, 0.3) is 0 Å². The number of thiophene rings is 1. The highest BCUT2D eigenvalue weighted by Crippen LogP contribution is 2.41. The van der Waals surface area contributed by atoms with Gasteiger partial charge in [0.15, 0.2) is 0 Å². The molecule has 148 valence electrons. The van der Waals surface area contributed by atoms with E-state index in [1.807, 2.05) is 0 Å². The zero-order chi connectivity index (χ0) is 19.6. The zero-order valence-corrected chi connectivity index (χ0v) is 16.8. The standard InChI is InChI=1S/C20H28N2O4S/c1-3-12-4-7-14-15(10-12)27-20(18(14)19(26)21-13-5-6-13)22-16(23)8-11(2)9-17(24)25/h11-13H,3-10H2,1-2H3,(H,21,26)(H,22,23)(H,24,25)/t11-,12-/m1/s1. The van der Waals surface area contributed by atoms with E-state index in [-0.39, 0.29) is 36.6 Å². The van der Waals surface area contributed by atoms with Gasteiger partial charge in [-0.15, -0.1) is 11.3 Å². The second-order valence-electron chi connectivity index (χ2n) is 7.93. The molecule has 0 bridgehead atoms. The molecule has 27 heavy (non-hydrogen) atoms. The van der Waals surface area contributed by atoms with E-state index in [1.165, 1.54) is 16.2 Å². The van der Waals surface area contributed by atoms with Gasteiger partial charge in [0.05, 0.1) is 5.56 Å². The van der Waals surface area contributed by atoms with Gasteiger partial charge in [-0.2, -0.15) is 0 Å². The minimum absolute atomic E-state index is 0.0401. The van der Waals surface area contributed by atoms with Gasteiger partial charge in [-0.25, -0.2) is 0 Å².